The number of halogens is 2. The van der Waals surface area contributed by atoms with Crippen LogP contribution in [0.3, 0.4) is 0 Å². The van der Waals surface area contributed by atoms with Crippen molar-refractivity contribution in [2.24, 2.45) is 5.14 Å². The summed E-state index contributed by atoms with van der Waals surface area (Å²) in [4.78, 5) is -0.193. The zero-order valence-electron chi connectivity index (χ0n) is 12.2. The van der Waals surface area contributed by atoms with Crippen molar-refractivity contribution in [1.29, 1.82) is 0 Å². The maximum absolute atomic E-state index is 11.5. The van der Waals surface area contributed by atoms with Gasteiger partial charge in [0.15, 0.2) is 0 Å². The minimum absolute atomic E-state index is 0.156. The van der Waals surface area contributed by atoms with Crippen molar-refractivity contribution in [3.8, 4) is 0 Å². The number of primary sulfonamides is 1. The van der Waals surface area contributed by atoms with E-state index < -0.39 is 21.3 Å². The number of sulfonamides is 1. The number of benzene rings is 2. The van der Waals surface area contributed by atoms with E-state index in [9.17, 15) is 17.2 Å². The van der Waals surface area contributed by atoms with Gasteiger partial charge >= 0.3 is 0 Å². The van der Waals surface area contributed by atoms with Crippen LogP contribution in [0.15, 0.2) is 41.3 Å². The van der Waals surface area contributed by atoms with Crippen molar-refractivity contribution in [2.45, 2.75) is 4.90 Å². The van der Waals surface area contributed by atoms with Crippen molar-refractivity contribution in [3.63, 3.8) is 0 Å². The number of para-hydroxylation sites is 1. The molecule has 7 nitrogen and oxygen atoms in total. The van der Waals surface area contributed by atoms with Gasteiger partial charge in [-0.2, -0.15) is 0 Å². The maximum Gasteiger partial charge on any atom is 0.238 e. The molecule has 0 aliphatic rings. The number of hydrogen-bond acceptors (Lipinski definition) is 5. The molecule has 0 spiro atoms. The Bertz CT molecular complexity index is 886. The molecule has 1 atom stereocenters. The molecule has 1 unspecified atom stereocenters. The molecular weight excluding hydrogens is 397 g/mol. The second kappa shape index (κ2) is 7.26. The van der Waals surface area contributed by atoms with Crippen molar-refractivity contribution in [2.75, 3.05) is 16.7 Å². The van der Waals surface area contributed by atoms with Crippen LogP contribution in [0.25, 0.3) is 0 Å². The number of nitrogens with zero attached hydrogens (tertiary/aromatic N) is 1. The van der Waals surface area contributed by atoms with E-state index in [-0.39, 0.29) is 26.3 Å². The lowest BCUT2D eigenvalue weighted by molar-refractivity contribution is 0.535. The topological polar surface area (TPSA) is 116 Å². The van der Waals surface area contributed by atoms with Crippen LogP contribution in [0, 0.1) is 0 Å². The first-order valence-corrected chi connectivity index (χ1v) is 9.65. The average molecular weight is 409 g/mol. The van der Waals surface area contributed by atoms with Gasteiger partial charge in [0.1, 0.15) is 0 Å². The second-order valence-corrected chi connectivity index (χ2v) is 8.02. The van der Waals surface area contributed by atoms with E-state index in [1.807, 2.05) is 0 Å². The normalized spacial score (nSPS) is 12.7. The lowest BCUT2D eigenvalue weighted by Crippen LogP contribution is -2.21. The van der Waals surface area contributed by atoms with E-state index >= 15 is 0 Å². The van der Waals surface area contributed by atoms with Gasteiger partial charge < -0.3 is 14.2 Å². The first-order chi connectivity index (χ1) is 11.1. The van der Waals surface area contributed by atoms with Crippen LogP contribution >= 0.6 is 23.2 Å². The van der Waals surface area contributed by atoms with E-state index in [1.54, 1.807) is 18.2 Å². The summed E-state index contributed by atoms with van der Waals surface area (Å²) in [7, 11) is -2.68. The van der Waals surface area contributed by atoms with Crippen molar-refractivity contribution in [1.82, 2.24) is 0 Å². The molecule has 0 fully saturated rings. The molecule has 0 bridgehead atoms. The number of anilines is 3. The Labute approximate surface area is 151 Å². The molecular formula is C13H12Cl2N3O4S2-. The van der Waals surface area contributed by atoms with Crippen LogP contribution in [0.1, 0.15) is 0 Å². The molecule has 0 saturated carbocycles. The first kappa shape index (κ1) is 19.0. The molecule has 24 heavy (non-hydrogen) atoms. The highest BCUT2D eigenvalue weighted by molar-refractivity contribution is 7.89. The molecule has 2 aromatic rings. The molecule has 130 valence electrons. The quantitative estimate of drug-likeness (QED) is 0.737. The summed E-state index contributed by atoms with van der Waals surface area (Å²) in [6, 6.07) is 8.50. The van der Waals surface area contributed by atoms with Crippen molar-refractivity contribution in [3.05, 3.63) is 46.4 Å². The van der Waals surface area contributed by atoms with Crippen LogP contribution < -0.4 is 14.8 Å². The number of hydrogen-bond donors (Lipinski definition) is 2. The van der Waals surface area contributed by atoms with Gasteiger partial charge in [-0.1, -0.05) is 29.3 Å². The summed E-state index contributed by atoms with van der Waals surface area (Å²) in [5, 5.41) is 8.54. The van der Waals surface area contributed by atoms with Crippen molar-refractivity contribution >= 4 is 61.6 Å². The Morgan fingerprint density at radius 3 is 2.29 bits per heavy atom. The van der Waals surface area contributed by atoms with Crippen LogP contribution in [0.5, 0.6) is 0 Å². The maximum atomic E-state index is 11.5. The Kier molecular flexibility index (Phi) is 5.74. The van der Waals surface area contributed by atoms with Crippen LogP contribution in [0.4, 0.5) is 17.1 Å². The average Bonchev–Trinajstić information content (AvgIpc) is 2.49. The van der Waals surface area contributed by atoms with Gasteiger partial charge in [0, 0.05) is 18.3 Å². The Morgan fingerprint density at radius 1 is 1.21 bits per heavy atom. The molecule has 2 aromatic carbocycles. The van der Waals surface area contributed by atoms with E-state index in [0.717, 1.165) is 4.31 Å². The molecule has 3 N–H and O–H groups in total. The van der Waals surface area contributed by atoms with Gasteiger partial charge in [-0.25, -0.2) is 13.6 Å². The van der Waals surface area contributed by atoms with E-state index in [4.69, 9.17) is 28.3 Å². The monoisotopic (exact) mass is 408 g/mol. The van der Waals surface area contributed by atoms with Gasteiger partial charge in [0.25, 0.3) is 0 Å². The van der Waals surface area contributed by atoms with Gasteiger partial charge in [-0.05, 0) is 30.3 Å². The smallest absolute Gasteiger partial charge is 0.238 e. The third-order valence-electron chi connectivity index (χ3n) is 3.08. The lowest BCUT2D eigenvalue weighted by atomic mass is 10.2. The van der Waals surface area contributed by atoms with Gasteiger partial charge in [0.2, 0.25) is 10.0 Å². The molecule has 2 rings (SSSR count). The van der Waals surface area contributed by atoms with Crippen LogP contribution in [0.2, 0.25) is 10.0 Å². The molecule has 0 heterocycles. The molecule has 11 heteroatoms. The first-order valence-electron chi connectivity index (χ1n) is 6.32. The summed E-state index contributed by atoms with van der Waals surface area (Å²) in [6.07, 6.45) is 0. The standard InChI is InChI=1S/C13H13Cl2N3O4S2/c1-18(23(19)20)12-6-5-8(24(16,21)22)7-11(12)17-13-9(14)3-2-4-10(13)15/h2-7,17H,1H3,(H,19,20)(H2,16,21,22)/p-1. The Balaban J connectivity index is 2.62. The zero-order valence-corrected chi connectivity index (χ0v) is 15.3. The van der Waals surface area contributed by atoms with E-state index in [0.29, 0.717) is 5.69 Å². The predicted octanol–water partition coefficient (Wildman–Crippen LogP) is 2.61. The molecule has 0 amide bonds. The highest BCUT2D eigenvalue weighted by Crippen LogP contribution is 2.37. The minimum Gasteiger partial charge on any atom is -0.755 e. The summed E-state index contributed by atoms with van der Waals surface area (Å²) in [5.41, 5.74) is 0.647. The number of nitrogens with two attached hydrogens (primary N) is 1. The third kappa shape index (κ3) is 4.18. The van der Waals surface area contributed by atoms with Gasteiger partial charge in [-0.3, -0.25) is 4.21 Å². The molecule has 0 aliphatic heterocycles. The molecule has 0 saturated heterocycles. The lowest BCUT2D eigenvalue weighted by Gasteiger charge is -2.25. The summed E-state index contributed by atoms with van der Waals surface area (Å²) in [6.45, 7) is 0. The SMILES string of the molecule is CN(c1ccc(S(N)(=O)=O)cc1Nc1c(Cl)cccc1Cl)S(=O)[O-]. The van der Waals surface area contributed by atoms with E-state index in [1.165, 1.54) is 25.2 Å². The summed E-state index contributed by atoms with van der Waals surface area (Å²) < 4.78 is 46.5. The Hall–Kier alpha value is -1.36. The minimum atomic E-state index is -3.98. The van der Waals surface area contributed by atoms with Crippen LogP contribution in [-0.4, -0.2) is 24.2 Å². The summed E-state index contributed by atoms with van der Waals surface area (Å²) in [5.74, 6) is 0. The highest BCUT2D eigenvalue weighted by atomic mass is 35.5. The van der Waals surface area contributed by atoms with Gasteiger partial charge in [0.05, 0.1) is 32.0 Å². The molecule has 0 aliphatic carbocycles. The van der Waals surface area contributed by atoms with Crippen molar-refractivity contribution < 1.29 is 17.2 Å². The number of rotatable bonds is 5. The second-order valence-electron chi connectivity index (χ2n) is 4.66. The Morgan fingerprint density at radius 2 is 1.79 bits per heavy atom. The van der Waals surface area contributed by atoms with E-state index in [2.05, 4.69) is 5.32 Å². The zero-order chi connectivity index (χ0) is 18.1. The largest absolute Gasteiger partial charge is 0.755 e. The summed E-state index contributed by atoms with van der Waals surface area (Å²) >= 11 is 9.59. The third-order valence-corrected chi connectivity index (χ3v) is 5.27. The van der Waals surface area contributed by atoms with Crippen LogP contribution in [-0.2, 0) is 21.3 Å². The fourth-order valence-corrected chi connectivity index (χ4v) is 3.25. The molecule has 0 radical (unpaired) electrons. The highest BCUT2D eigenvalue weighted by Gasteiger charge is 2.16. The predicted molar refractivity (Wildman–Crippen MR) is 94.9 cm³/mol. The van der Waals surface area contributed by atoms with Gasteiger partial charge in [-0.15, -0.1) is 0 Å². The fourth-order valence-electron chi connectivity index (χ4n) is 1.90. The fraction of sp³-hybridized carbons (Fsp3) is 0.0769. The number of nitrogens with one attached hydrogen (secondary N) is 1. The molecule has 0 aromatic heterocycles.